The van der Waals surface area contributed by atoms with E-state index in [2.05, 4.69) is 232 Å². The predicted octanol–water partition coefficient (Wildman–Crippen LogP) is 19.2. The maximum Gasteiger partial charge on any atom is 0.0991 e. The Morgan fingerprint density at radius 2 is 0.711 bits per heavy atom. The van der Waals surface area contributed by atoms with Crippen LogP contribution in [-0.2, 0) is 10.8 Å². The van der Waals surface area contributed by atoms with Crippen molar-refractivity contribution < 1.29 is 0 Å². The molecule has 4 heteroatoms. The van der Waals surface area contributed by atoms with Crippen molar-refractivity contribution in [1.29, 1.82) is 10.5 Å². The van der Waals surface area contributed by atoms with Crippen LogP contribution in [0.3, 0.4) is 0 Å². The maximum absolute atomic E-state index is 9.67. The van der Waals surface area contributed by atoms with Crippen molar-refractivity contribution in [2.24, 2.45) is 0 Å². The molecule has 12 aromatic rings. The molecule has 358 valence electrons. The Bertz CT molecular complexity index is 4150. The van der Waals surface area contributed by atoms with Gasteiger partial charge in [0.15, 0.2) is 0 Å². The Balaban J connectivity index is 1.03. The molecule has 2 aliphatic rings. The van der Waals surface area contributed by atoms with Crippen LogP contribution in [-0.4, -0.2) is 0 Å². The van der Waals surface area contributed by atoms with Gasteiger partial charge in [0.2, 0.25) is 0 Å². The van der Waals surface area contributed by atoms with Crippen LogP contribution in [0, 0.1) is 22.7 Å². The first-order chi connectivity index (χ1) is 37.1. The highest BCUT2D eigenvalue weighted by molar-refractivity contribution is 6.28. The highest BCUT2D eigenvalue weighted by Gasteiger charge is 2.40. The molecule has 0 amide bonds. The fourth-order valence-electron chi connectivity index (χ4n) is 12.9. The summed E-state index contributed by atoms with van der Waals surface area (Å²) in [5.41, 5.74) is 21.9. The Morgan fingerprint density at radius 1 is 0.329 bits per heavy atom. The molecule has 14 rings (SSSR count). The number of hydrogen-bond donors (Lipinski definition) is 0. The molecule has 0 unspecified atom stereocenters. The lowest BCUT2D eigenvalue weighted by atomic mass is 9.82. The number of nitriles is 2. The van der Waals surface area contributed by atoms with Crippen LogP contribution < -0.4 is 9.80 Å². The minimum atomic E-state index is -0.193. The molecule has 0 N–H and O–H groups in total. The van der Waals surface area contributed by atoms with E-state index < -0.39 is 0 Å². The summed E-state index contributed by atoms with van der Waals surface area (Å²) in [5.74, 6) is 0. The number of anilines is 6. The van der Waals surface area contributed by atoms with Gasteiger partial charge in [-0.05, 0) is 150 Å². The van der Waals surface area contributed by atoms with Crippen LogP contribution in [0.4, 0.5) is 34.1 Å². The second-order valence-electron chi connectivity index (χ2n) is 21.5. The standard InChI is InChI=1S/C72H50N4/c1-71(2)59-19-7-5-17-55(59)69-61(71)21-11-23-65(69)75(53-15-9-13-51(41-53)47-29-25-45(43-73)26-30-47)63-39-35-49-34-38-58-64(40-36-50-33-37-57(63)67(49)68(50)58)76(54-16-10-14-52(42-54)48-31-27-46(44-74)28-32-48)66-24-12-22-62-70(66)56-18-6-8-20-60(56)72(62,3)4/h5-42H,1-4H3. The summed E-state index contributed by atoms with van der Waals surface area (Å²) in [5, 5.41) is 26.4. The van der Waals surface area contributed by atoms with Gasteiger partial charge in [-0.3, -0.25) is 0 Å². The van der Waals surface area contributed by atoms with Crippen molar-refractivity contribution in [3.63, 3.8) is 0 Å². The molecule has 0 bridgehead atoms. The zero-order valence-corrected chi connectivity index (χ0v) is 42.7. The third-order valence-electron chi connectivity index (χ3n) is 16.7. The Morgan fingerprint density at radius 3 is 1.13 bits per heavy atom. The van der Waals surface area contributed by atoms with Crippen molar-refractivity contribution >= 4 is 66.4 Å². The summed E-state index contributed by atoms with van der Waals surface area (Å²) in [6.45, 7) is 9.39. The lowest BCUT2D eigenvalue weighted by Gasteiger charge is -2.32. The zero-order chi connectivity index (χ0) is 51.5. The maximum atomic E-state index is 9.67. The number of rotatable bonds is 8. The zero-order valence-electron chi connectivity index (χ0n) is 42.7. The molecule has 0 radical (unpaired) electrons. The van der Waals surface area contributed by atoms with Crippen molar-refractivity contribution in [2.75, 3.05) is 9.80 Å². The summed E-state index contributed by atoms with van der Waals surface area (Å²) >= 11 is 0. The molecular formula is C72H50N4. The van der Waals surface area contributed by atoms with Gasteiger partial charge in [0, 0.05) is 44.1 Å². The quantitative estimate of drug-likeness (QED) is 0.142. The normalized spacial score (nSPS) is 13.4. The first-order valence-corrected chi connectivity index (χ1v) is 26.1. The van der Waals surface area contributed by atoms with Crippen LogP contribution in [0.15, 0.2) is 231 Å². The molecule has 0 heterocycles. The van der Waals surface area contributed by atoms with E-state index >= 15 is 0 Å². The molecule has 0 fully saturated rings. The molecule has 12 aromatic carbocycles. The van der Waals surface area contributed by atoms with Crippen LogP contribution in [0.2, 0.25) is 0 Å². The van der Waals surface area contributed by atoms with Crippen molar-refractivity contribution in [1.82, 2.24) is 0 Å². The highest BCUT2D eigenvalue weighted by atomic mass is 15.2. The number of hydrogen-bond acceptors (Lipinski definition) is 4. The van der Waals surface area contributed by atoms with E-state index in [-0.39, 0.29) is 10.8 Å². The van der Waals surface area contributed by atoms with Gasteiger partial charge in [0.25, 0.3) is 0 Å². The summed E-state index contributed by atoms with van der Waals surface area (Å²) in [7, 11) is 0. The van der Waals surface area contributed by atoms with Gasteiger partial charge >= 0.3 is 0 Å². The Kier molecular flexibility index (Phi) is 9.99. The summed E-state index contributed by atoms with van der Waals surface area (Å²) in [6, 6.07) is 88.1. The largest absolute Gasteiger partial charge is 0.309 e. The first kappa shape index (κ1) is 44.9. The van der Waals surface area contributed by atoms with Crippen LogP contribution >= 0.6 is 0 Å². The number of benzene rings is 12. The molecule has 2 aliphatic carbocycles. The molecule has 0 saturated heterocycles. The van der Waals surface area contributed by atoms with E-state index in [1.54, 1.807) is 0 Å². The number of fused-ring (bicyclic) bond motifs is 6. The third kappa shape index (κ3) is 6.68. The Hall–Kier alpha value is -9.74. The minimum Gasteiger partial charge on any atom is -0.309 e. The van der Waals surface area contributed by atoms with E-state index in [4.69, 9.17) is 0 Å². The van der Waals surface area contributed by atoms with E-state index in [0.717, 1.165) is 67.2 Å². The summed E-state index contributed by atoms with van der Waals surface area (Å²) in [6.07, 6.45) is 0. The predicted molar refractivity (Wildman–Crippen MR) is 315 cm³/mol. The van der Waals surface area contributed by atoms with Crippen molar-refractivity contribution in [3.05, 3.63) is 264 Å². The SMILES string of the molecule is CC1(C)c2ccccc2-c2c(N(c3cccc(-c4ccc(C#N)cc4)c3)c3ccc4ccc5c(N(c6cccc(-c7ccc(C#N)cc7)c6)c6cccc7c6-c6ccccc6C7(C)C)ccc6ccc3c4c65)cccc21. The lowest BCUT2D eigenvalue weighted by Crippen LogP contribution is -2.16. The van der Waals surface area contributed by atoms with E-state index in [1.807, 2.05) is 48.5 Å². The van der Waals surface area contributed by atoms with Gasteiger partial charge in [0.05, 0.1) is 46.0 Å². The van der Waals surface area contributed by atoms with Gasteiger partial charge in [-0.2, -0.15) is 10.5 Å². The highest BCUT2D eigenvalue weighted by Crippen LogP contribution is 2.58. The summed E-state index contributed by atoms with van der Waals surface area (Å²) in [4.78, 5) is 4.98. The second-order valence-corrected chi connectivity index (χ2v) is 21.5. The second kappa shape index (κ2) is 16.9. The molecule has 4 nitrogen and oxygen atoms in total. The average Bonchev–Trinajstić information content (AvgIpc) is 3.97. The minimum absolute atomic E-state index is 0.193. The summed E-state index contributed by atoms with van der Waals surface area (Å²) < 4.78 is 0. The topological polar surface area (TPSA) is 54.1 Å². The molecule has 76 heavy (non-hydrogen) atoms. The van der Waals surface area contributed by atoms with Crippen molar-refractivity contribution in [2.45, 2.75) is 38.5 Å². The van der Waals surface area contributed by atoms with Gasteiger partial charge in [-0.15, -0.1) is 0 Å². The average molecular weight is 971 g/mol. The molecule has 0 saturated carbocycles. The van der Waals surface area contributed by atoms with Gasteiger partial charge in [-0.25, -0.2) is 0 Å². The first-order valence-electron chi connectivity index (χ1n) is 26.1. The monoisotopic (exact) mass is 970 g/mol. The smallest absolute Gasteiger partial charge is 0.0991 e. The third-order valence-corrected chi connectivity index (χ3v) is 16.7. The molecule has 0 atom stereocenters. The van der Waals surface area contributed by atoms with Gasteiger partial charge < -0.3 is 9.80 Å². The van der Waals surface area contributed by atoms with E-state index in [9.17, 15) is 10.5 Å². The van der Waals surface area contributed by atoms with E-state index in [1.165, 1.54) is 66.1 Å². The lowest BCUT2D eigenvalue weighted by molar-refractivity contribution is 0.660. The Labute approximate surface area is 443 Å². The fraction of sp³-hybridized carbons (Fsp3) is 0.0833. The van der Waals surface area contributed by atoms with Crippen LogP contribution in [0.1, 0.15) is 61.1 Å². The fourth-order valence-corrected chi connectivity index (χ4v) is 12.9. The number of nitrogens with zero attached hydrogens (tertiary/aromatic N) is 4. The van der Waals surface area contributed by atoms with Crippen LogP contribution in [0.5, 0.6) is 0 Å². The molecular weight excluding hydrogens is 921 g/mol. The van der Waals surface area contributed by atoms with Gasteiger partial charge in [-0.1, -0.05) is 185 Å². The van der Waals surface area contributed by atoms with Gasteiger partial charge in [0.1, 0.15) is 0 Å². The van der Waals surface area contributed by atoms with Crippen LogP contribution in [0.25, 0.3) is 76.8 Å². The molecule has 0 spiro atoms. The van der Waals surface area contributed by atoms with Crippen molar-refractivity contribution in [3.8, 4) is 56.6 Å². The van der Waals surface area contributed by atoms with E-state index in [0.29, 0.717) is 11.1 Å². The molecule has 0 aliphatic heterocycles. The molecule has 0 aromatic heterocycles.